The van der Waals surface area contributed by atoms with Gasteiger partial charge in [-0.15, -0.1) is 0 Å². The van der Waals surface area contributed by atoms with E-state index in [1.807, 2.05) is 17.0 Å². The van der Waals surface area contributed by atoms with Gasteiger partial charge in [-0.3, -0.25) is 9.80 Å². The number of nitrogens with zero attached hydrogens (tertiary/aromatic N) is 2. The van der Waals surface area contributed by atoms with E-state index >= 15 is 0 Å². The maximum Gasteiger partial charge on any atom is 0.321 e. The quantitative estimate of drug-likeness (QED) is 0.757. The summed E-state index contributed by atoms with van der Waals surface area (Å²) < 4.78 is 11.9. The third-order valence-corrected chi connectivity index (χ3v) is 6.04. The van der Waals surface area contributed by atoms with Gasteiger partial charge in [-0.1, -0.05) is 22.0 Å². The van der Waals surface area contributed by atoms with Gasteiger partial charge in [0.2, 0.25) is 0 Å². The molecule has 0 spiro atoms. The number of benzene rings is 2. The summed E-state index contributed by atoms with van der Waals surface area (Å²) in [6, 6.07) is 10.1. The predicted molar refractivity (Wildman–Crippen MR) is 112 cm³/mol. The van der Waals surface area contributed by atoms with E-state index in [4.69, 9.17) is 9.47 Å². The van der Waals surface area contributed by atoms with E-state index in [0.717, 1.165) is 66.4 Å². The van der Waals surface area contributed by atoms with Gasteiger partial charge >= 0.3 is 6.03 Å². The Kier molecular flexibility index (Phi) is 5.46. The summed E-state index contributed by atoms with van der Waals surface area (Å²) in [5.74, 6) is 1.62. The number of halogens is 1. The van der Waals surface area contributed by atoms with Crippen LogP contribution in [0.5, 0.6) is 11.5 Å². The second-order valence-corrected chi connectivity index (χ2v) is 7.98. The van der Waals surface area contributed by atoms with Crippen molar-refractivity contribution in [2.24, 2.45) is 0 Å². The van der Waals surface area contributed by atoms with Gasteiger partial charge in [0.25, 0.3) is 0 Å². The Morgan fingerprint density at radius 1 is 1.14 bits per heavy atom. The van der Waals surface area contributed by atoms with Gasteiger partial charge in [0, 0.05) is 54.5 Å². The van der Waals surface area contributed by atoms with Crippen molar-refractivity contribution >= 4 is 27.6 Å². The summed E-state index contributed by atoms with van der Waals surface area (Å²) in [5.41, 5.74) is 4.62. The highest BCUT2D eigenvalue weighted by Gasteiger charge is 2.26. The first-order valence-corrected chi connectivity index (χ1v) is 10.2. The highest BCUT2D eigenvalue weighted by molar-refractivity contribution is 9.10. The van der Waals surface area contributed by atoms with E-state index < -0.39 is 0 Å². The molecule has 2 aliphatic heterocycles. The summed E-state index contributed by atoms with van der Waals surface area (Å²) in [4.78, 5) is 16.4. The molecule has 0 aromatic heterocycles. The van der Waals surface area contributed by atoms with Crippen LogP contribution in [0.25, 0.3) is 0 Å². The molecule has 2 aliphatic rings. The first kappa shape index (κ1) is 19.1. The number of urea groups is 1. The normalized spacial score (nSPS) is 16.7. The van der Waals surface area contributed by atoms with Gasteiger partial charge in [0.15, 0.2) is 0 Å². The highest BCUT2D eigenvalue weighted by atomic mass is 79.9. The fourth-order valence-electron chi connectivity index (χ4n) is 3.88. The Labute approximate surface area is 173 Å². The molecule has 2 aromatic rings. The molecule has 2 amide bonds. The third-order valence-electron chi connectivity index (χ3n) is 5.33. The molecule has 2 aromatic carbocycles. The van der Waals surface area contributed by atoms with Crippen LogP contribution in [0.2, 0.25) is 0 Å². The molecular formula is C21H24BrN3O3. The van der Waals surface area contributed by atoms with Crippen molar-refractivity contribution in [2.45, 2.75) is 26.1 Å². The molecule has 0 radical (unpaired) electrons. The van der Waals surface area contributed by atoms with Gasteiger partial charge in [-0.2, -0.15) is 0 Å². The molecule has 148 valence electrons. The van der Waals surface area contributed by atoms with Crippen LogP contribution in [0.15, 0.2) is 34.8 Å². The van der Waals surface area contributed by atoms with Crippen LogP contribution in [0.3, 0.4) is 0 Å². The summed E-state index contributed by atoms with van der Waals surface area (Å²) >= 11 is 3.72. The zero-order chi connectivity index (χ0) is 19.7. The van der Waals surface area contributed by atoms with Crippen LogP contribution in [-0.2, 0) is 19.6 Å². The molecule has 0 unspecified atom stereocenters. The van der Waals surface area contributed by atoms with Gasteiger partial charge < -0.3 is 14.8 Å². The zero-order valence-corrected chi connectivity index (χ0v) is 17.7. The number of carbonyl (C=O) groups excluding carboxylic acids is 1. The summed E-state index contributed by atoms with van der Waals surface area (Å²) in [6.45, 7) is 3.99. The average molecular weight is 446 g/mol. The van der Waals surface area contributed by atoms with Crippen LogP contribution in [0.1, 0.15) is 23.1 Å². The number of methoxy groups -OCH3 is 2. The van der Waals surface area contributed by atoms with Crippen molar-refractivity contribution in [1.82, 2.24) is 10.2 Å². The predicted octanol–water partition coefficient (Wildman–Crippen LogP) is 3.90. The molecule has 2 heterocycles. The number of nitrogens with one attached hydrogen (secondary N) is 1. The lowest BCUT2D eigenvalue weighted by Gasteiger charge is -2.28. The van der Waals surface area contributed by atoms with Gasteiger partial charge in [-0.25, -0.2) is 4.79 Å². The number of amides is 2. The smallest absolute Gasteiger partial charge is 0.321 e. The molecule has 4 rings (SSSR count). The average Bonchev–Trinajstić information content (AvgIpc) is 3.11. The molecule has 0 bridgehead atoms. The Morgan fingerprint density at radius 3 is 2.75 bits per heavy atom. The van der Waals surface area contributed by atoms with E-state index in [-0.39, 0.29) is 6.03 Å². The highest BCUT2D eigenvalue weighted by Crippen LogP contribution is 2.36. The van der Waals surface area contributed by atoms with Crippen molar-refractivity contribution in [2.75, 3.05) is 32.2 Å². The molecule has 6 nitrogen and oxygen atoms in total. The summed E-state index contributed by atoms with van der Waals surface area (Å²) in [5, 5.41) is 2.92. The zero-order valence-electron chi connectivity index (χ0n) is 16.1. The summed E-state index contributed by atoms with van der Waals surface area (Å²) in [6.07, 6.45) is 0.962. The third kappa shape index (κ3) is 3.69. The van der Waals surface area contributed by atoms with Gasteiger partial charge in [-0.05, 0) is 35.7 Å². The molecular weight excluding hydrogens is 422 g/mol. The molecule has 1 fully saturated rings. The van der Waals surface area contributed by atoms with Crippen molar-refractivity contribution in [3.05, 3.63) is 51.5 Å². The molecule has 0 aliphatic carbocycles. The van der Waals surface area contributed by atoms with Gasteiger partial charge in [0.05, 0.1) is 14.2 Å². The lowest BCUT2D eigenvalue weighted by atomic mass is 10.1. The van der Waals surface area contributed by atoms with E-state index in [1.165, 1.54) is 11.1 Å². The van der Waals surface area contributed by atoms with Crippen LogP contribution in [-0.4, -0.2) is 38.2 Å². The number of carbonyl (C=O) groups is 1. The Morgan fingerprint density at radius 2 is 2.00 bits per heavy atom. The van der Waals surface area contributed by atoms with Gasteiger partial charge in [0.1, 0.15) is 11.5 Å². The Balaban J connectivity index is 1.54. The standard InChI is InChI=1S/C21H24BrN3O3/c1-27-17-5-4-14(20(10-17)28-2)11-24-12-15-8-16(9-19(22)18(15)13-24)25-7-3-6-23-21(25)26/h4-5,8-10H,3,6-7,11-13H2,1-2H3,(H,23,26). The fraction of sp³-hybridized carbons (Fsp3) is 0.381. The van der Waals surface area contributed by atoms with Crippen molar-refractivity contribution in [3.63, 3.8) is 0 Å². The van der Waals surface area contributed by atoms with Crippen molar-refractivity contribution < 1.29 is 14.3 Å². The second kappa shape index (κ2) is 8.01. The maximum absolute atomic E-state index is 12.2. The number of hydrogen-bond donors (Lipinski definition) is 1. The molecule has 0 atom stereocenters. The fourth-order valence-corrected chi connectivity index (χ4v) is 4.50. The number of hydrogen-bond acceptors (Lipinski definition) is 4. The summed E-state index contributed by atoms with van der Waals surface area (Å²) in [7, 11) is 3.34. The van der Waals surface area contributed by atoms with Crippen LogP contribution < -0.4 is 19.7 Å². The Bertz CT molecular complexity index is 903. The first-order chi connectivity index (χ1) is 13.6. The number of fused-ring (bicyclic) bond motifs is 1. The minimum Gasteiger partial charge on any atom is -0.497 e. The van der Waals surface area contributed by atoms with Crippen LogP contribution >= 0.6 is 15.9 Å². The van der Waals surface area contributed by atoms with E-state index in [9.17, 15) is 4.79 Å². The van der Waals surface area contributed by atoms with Crippen LogP contribution in [0, 0.1) is 0 Å². The SMILES string of the molecule is COc1ccc(CN2Cc3cc(N4CCCNC4=O)cc(Br)c3C2)c(OC)c1. The van der Waals surface area contributed by atoms with Crippen molar-refractivity contribution in [1.29, 1.82) is 0 Å². The van der Waals surface area contributed by atoms with E-state index in [1.54, 1.807) is 14.2 Å². The van der Waals surface area contributed by atoms with Crippen molar-refractivity contribution in [3.8, 4) is 11.5 Å². The Hall–Kier alpha value is -2.25. The van der Waals surface area contributed by atoms with E-state index in [2.05, 4.69) is 44.3 Å². The van der Waals surface area contributed by atoms with Crippen LogP contribution in [0.4, 0.5) is 10.5 Å². The van der Waals surface area contributed by atoms with E-state index in [0.29, 0.717) is 0 Å². The topological polar surface area (TPSA) is 54.0 Å². The largest absolute Gasteiger partial charge is 0.497 e. The molecule has 1 saturated heterocycles. The number of ether oxygens (including phenoxy) is 2. The minimum absolute atomic E-state index is 0.0177. The number of rotatable bonds is 5. The molecule has 1 N–H and O–H groups in total. The molecule has 28 heavy (non-hydrogen) atoms. The lowest BCUT2D eigenvalue weighted by Crippen LogP contribution is -2.46. The molecule has 7 heteroatoms. The number of anilines is 1. The lowest BCUT2D eigenvalue weighted by molar-refractivity contribution is 0.243. The maximum atomic E-state index is 12.2. The molecule has 0 saturated carbocycles. The minimum atomic E-state index is -0.0177. The second-order valence-electron chi connectivity index (χ2n) is 7.13. The monoisotopic (exact) mass is 445 g/mol. The first-order valence-electron chi connectivity index (χ1n) is 9.39.